The van der Waals surface area contributed by atoms with Crippen LogP contribution in [0.25, 0.3) is 5.57 Å². The lowest BCUT2D eigenvalue weighted by molar-refractivity contribution is 0.129. The first-order valence-electron chi connectivity index (χ1n) is 6.19. The Bertz CT molecular complexity index is 408. The maximum atomic E-state index is 6.04. The third-order valence-electron chi connectivity index (χ3n) is 2.54. The van der Waals surface area contributed by atoms with Gasteiger partial charge in [-0.05, 0) is 50.8 Å². The largest absolute Gasteiger partial charge is 0.488 e. The van der Waals surface area contributed by atoms with Gasteiger partial charge >= 0.3 is 0 Å². The summed E-state index contributed by atoms with van der Waals surface area (Å²) in [6.07, 6.45) is 0. The highest BCUT2D eigenvalue weighted by Gasteiger charge is 2.16. The fraction of sp³-hybridized carbons (Fsp3) is 0.500. The first-order valence-corrected chi connectivity index (χ1v) is 6.19. The average Bonchev–Trinajstić information content (AvgIpc) is 2.14. The molecule has 0 amide bonds. The molecule has 0 bridgehead atoms. The van der Waals surface area contributed by atoms with Gasteiger partial charge in [0.1, 0.15) is 11.4 Å². The lowest BCUT2D eigenvalue weighted by Gasteiger charge is -2.25. The van der Waals surface area contributed by atoms with Crippen molar-refractivity contribution in [3.63, 3.8) is 0 Å². The van der Waals surface area contributed by atoms with Crippen LogP contribution in [0.15, 0.2) is 24.8 Å². The van der Waals surface area contributed by atoms with E-state index in [0.717, 1.165) is 16.9 Å². The predicted molar refractivity (Wildman–Crippen MR) is 75.6 cm³/mol. The summed E-state index contributed by atoms with van der Waals surface area (Å²) in [4.78, 5) is 0. The summed E-state index contributed by atoms with van der Waals surface area (Å²) in [5, 5.41) is 0. The van der Waals surface area contributed by atoms with Crippen molar-refractivity contribution in [1.82, 2.24) is 0 Å². The van der Waals surface area contributed by atoms with Gasteiger partial charge in [-0.25, -0.2) is 0 Å². The molecule has 0 N–H and O–H groups in total. The van der Waals surface area contributed by atoms with Crippen molar-refractivity contribution < 1.29 is 4.74 Å². The summed E-state index contributed by atoms with van der Waals surface area (Å²) in [5.41, 5.74) is 3.30. The molecule has 0 aliphatic carbocycles. The van der Waals surface area contributed by atoms with Crippen LogP contribution in [0.5, 0.6) is 5.75 Å². The summed E-state index contributed by atoms with van der Waals surface area (Å²) in [7, 11) is 0. The number of rotatable bonds is 3. The summed E-state index contributed by atoms with van der Waals surface area (Å²) in [6, 6.07) is 6.37. The van der Waals surface area contributed by atoms with E-state index >= 15 is 0 Å². The van der Waals surface area contributed by atoms with Gasteiger partial charge < -0.3 is 4.74 Å². The number of ether oxygens (including phenoxy) is 1. The van der Waals surface area contributed by atoms with E-state index < -0.39 is 0 Å². The van der Waals surface area contributed by atoms with Crippen molar-refractivity contribution >= 4 is 5.57 Å². The van der Waals surface area contributed by atoms with E-state index in [-0.39, 0.29) is 5.60 Å². The zero-order valence-corrected chi connectivity index (χ0v) is 11.9. The number of hydrogen-bond donors (Lipinski definition) is 0. The maximum Gasteiger partial charge on any atom is 0.124 e. The number of allylic oxidation sites excluding steroid dienone is 1. The highest BCUT2D eigenvalue weighted by molar-refractivity contribution is 5.63. The summed E-state index contributed by atoms with van der Waals surface area (Å²) >= 11 is 0. The van der Waals surface area contributed by atoms with Gasteiger partial charge in [-0.1, -0.05) is 38.1 Å². The molecule has 1 aromatic carbocycles. The molecular formula is C16H24O. The van der Waals surface area contributed by atoms with Crippen LogP contribution in [0.1, 0.15) is 58.6 Å². The smallest absolute Gasteiger partial charge is 0.124 e. The Morgan fingerprint density at radius 3 is 2.24 bits per heavy atom. The molecule has 17 heavy (non-hydrogen) atoms. The van der Waals surface area contributed by atoms with Gasteiger partial charge in [-0.15, -0.1) is 0 Å². The van der Waals surface area contributed by atoms with Crippen LogP contribution in [0, 0.1) is 0 Å². The highest BCUT2D eigenvalue weighted by Crippen LogP contribution is 2.31. The first kappa shape index (κ1) is 13.8. The van der Waals surface area contributed by atoms with Gasteiger partial charge in [0, 0.05) is 0 Å². The van der Waals surface area contributed by atoms with Crippen LogP contribution in [0.3, 0.4) is 0 Å². The van der Waals surface area contributed by atoms with Crippen LogP contribution < -0.4 is 4.74 Å². The van der Waals surface area contributed by atoms with E-state index in [1.165, 1.54) is 5.56 Å². The van der Waals surface area contributed by atoms with E-state index in [0.29, 0.717) is 5.92 Å². The molecule has 1 aromatic rings. The van der Waals surface area contributed by atoms with Crippen LogP contribution in [0.4, 0.5) is 0 Å². The van der Waals surface area contributed by atoms with Crippen molar-refractivity contribution in [1.29, 1.82) is 0 Å². The minimum absolute atomic E-state index is 0.169. The molecule has 0 fully saturated rings. The van der Waals surface area contributed by atoms with Gasteiger partial charge in [0.15, 0.2) is 0 Å². The normalized spacial score (nSPS) is 11.7. The fourth-order valence-corrected chi connectivity index (χ4v) is 1.70. The molecule has 0 radical (unpaired) electrons. The molecule has 1 nitrogen and oxygen atoms in total. The topological polar surface area (TPSA) is 9.23 Å². The first-order chi connectivity index (χ1) is 7.70. The second-order valence-corrected chi connectivity index (χ2v) is 5.90. The monoisotopic (exact) mass is 232 g/mol. The van der Waals surface area contributed by atoms with Crippen LogP contribution in [0.2, 0.25) is 0 Å². The Morgan fingerprint density at radius 2 is 1.82 bits per heavy atom. The quantitative estimate of drug-likeness (QED) is 0.711. The van der Waals surface area contributed by atoms with Crippen molar-refractivity contribution in [2.45, 2.75) is 53.1 Å². The van der Waals surface area contributed by atoms with Crippen LogP contribution in [-0.4, -0.2) is 5.60 Å². The van der Waals surface area contributed by atoms with Gasteiger partial charge in [-0.3, -0.25) is 0 Å². The molecule has 0 saturated carbocycles. The van der Waals surface area contributed by atoms with E-state index in [1.54, 1.807) is 0 Å². The standard InChI is InChI=1S/C16H24O/c1-11(2)13-8-9-14(12(3)4)15(10-13)17-16(5,6)7/h8-10,12H,1H2,2-7H3. The van der Waals surface area contributed by atoms with Gasteiger partial charge in [0.05, 0.1) is 0 Å². The second-order valence-electron chi connectivity index (χ2n) is 5.90. The van der Waals surface area contributed by atoms with E-state index in [4.69, 9.17) is 4.74 Å². The molecule has 0 unspecified atom stereocenters. The maximum absolute atomic E-state index is 6.04. The molecule has 0 aliphatic rings. The van der Waals surface area contributed by atoms with Crippen molar-refractivity contribution in [2.24, 2.45) is 0 Å². The SMILES string of the molecule is C=C(C)c1ccc(C(C)C)c(OC(C)(C)C)c1. The molecule has 1 heteroatoms. The van der Waals surface area contributed by atoms with Gasteiger partial charge in [0.2, 0.25) is 0 Å². The third kappa shape index (κ3) is 3.92. The number of benzene rings is 1. The van der Waals surface area contributed by atoms with Crippen molar-refractivity contribution in [2.75, 3.05) is 0 Å². The lowest BCUT2D eigenvalue weighted by atomic mass is 9.98. The number of hydrogen-bond acceptors (Lipinski definition) is 1. The van der Waals surface area contributed by atoms with Gasteiger partial charge in [-0.2, -0.15) is 0 Å². The molecular weight excluding hydrogens is 208 g/mol. The zero-order valence-electron chi connectivity index (χ0n) is 11.9. The Labute approximate surface area is 106 Å². The highest BCUT2D eigenvalue weighted by atomic mass is 16.5. The minimum Gasteiger partial charge on any atom is -0.488 e. The molecule has 1 rings (SSSR count). The third-order valence-corrected chi connectivity index (χ3v) is 2.54. The summed E-state index contributed by atoms with van der Waals surface area (Å²) in [6.45, 7) is 16.6. The summed E-state index contributed by atoms with van der Waals surface area (Å²) in [5.74, 6) is 1.44. The Balaban J connectivity index is 3.21. The average molecular weight is 232 g/mol. The Hall–Kier alpha value is -1.24. The molecule has 0 saturated heterocycles. The fourth-order valence-electron chi connectivity index (χ4n) is 1.70. The predicted octanol–water partition coefficient (Wildman–Crippen LogP) is 5.02. The molecule has 94 valence electrons. The summed E-state index contributed by atoms with van der Waals surface area (Å²) < 4.78 is 6.04. The van der Waals surface area contributed by atoms with Crippen LogP contribution >= 0.6 is 0 Å². The van der Waals surface area contributed by atoms with Crippen LogP contribution in [-0.2, 0) is 0 Å². The van der Waals surface area contributed by atoms with E-state index in [9.17, 15) is 0 Å². The zero-order chi connectivity index (χ0) is 13.2. The molecule has 0 aliphatic heterocycles. The Morgan fingerprint density at radius 1 is 1.24 bits per heavy atom. The minimum atomic E-state index is -0.169. The van der Waals surface area contributed by atoms with E-state index in [2.05, 4.69) is 59.4 Å². The molecule has 0 spiro atoms. The second kappa shape index (κ2) is 4.95. The molecule has 0 aromatic heterocycles. The Kier molecular flexibility index (Phi) is 4.03. The lowest BCUT2D eigenvalue weighted by Crippen LogP contribution is -2.23. The van der Waals surface area contributed by atoms with Crippen molar-refractivity contribution in [3.05, 3.63) is 35.9 Å². The molecule has 0 heterocycles. The van der Waals surface area contributed by atoms with Gasteiger partial charge in [0.25, 0.3) is 0 Å². The van der Waals surface area contributed by atoms with Crippen molar-refractivity contribution in [3.8, 4) is 5.75 Å². The molecule has 0 atom stereocenters. The van der Waals surface area contributed by atoms with E-state index in [1.807, 2.05) is 6.92 Å².